The van der Waals surface area contributed by atoms with E-state index in [-0.39, 0.29) is 30.6 Å². The number of alkyl halides is 3. The highest BCUT2D eigenvalue weighted by Crippen LogP contribution is 2.33. The Labute approximate surface area is 152 Å². The average Bonchev–Trinajstić information content (AvgIpc) is 3.01. The van der Waals surface area contributed by atoms with Crippen LogP contribution in [-0.2, 0) is 15.8 Å². The number of aliphatic hydroxyl groups excluding tert-OH is 1. The van der Waals surface area contributed by atoms with Crippen LogP contribution in [0.5, 0.6) is 0 Å². The standard InChI is InChI=1S/C15H18ClF3N4O3/c16-12-5-10(15(17,18)19)6-20-14(12)22-3-1-21(2-4-22)8-13(25)23-7-11(24)9-26-23/h5-6,11,24H,1-4,7-9H2/t11-/m1/s1. The van der Waals surface area contributed by atoms with Crippen LogP contribution in [-0.4, -0.2) is 77.9 Å². The molecule has 0 unspecified atom stereocenters. The van der Waals surface area contributed by atoms with E-state index in [0.29, 0.717) is 32.0 Å². The molecule has 0 radical (unpaired) electrons. The minimum atomic E-state index is -4.49. The number of anilines is 1. The number of aliphatic hydroxyl groups is 1. The number of nitrogens with zero attached hydrogens (tertiary/aromatic N) is 4. The van der Waals surface area contributed by atoms with Gasteiger partial charge in [-0.2, -0.15) is 13.2 Å². The predicted octanol–water partition coefficient (Wildman–Crippen LogP) is 1.01. The SMILES string of the molecule is O=C(CN1CCN(c2ncc(C(F)(F)F)cc2Cl)CC1)N1C[C@@H](O)CO1. The summed E-state index contributed by atoms with van der Waals surface area (Å²) in [4.78, 5) is 24.7. The number of halogens is 4. The van der Waals surface area contributed by atoms with E-state index >= 15 is 0 Å². The Hall–Kier alpha value is -1.62. The molecule has 2 aliphatic heterocycles. The second-order valence-electron chi connectivity index (χ2n) is 6.19. The normalized spacial score (nSPS) is 22.1. The number of amides is 1. The van der Waals surface area contributed by atoms with Crippen molar-refractivity contribution >= 4 is 23.3 Å². The summed E-state index contributed by atoms with van der Waals surface area (Å²) >= 11 is 5.97. The Balaban J connectivity index is 1.54. The molecule has 2 fully saturated rings. The molecule has 1 atom stereocenters. The molecular formula is C15H18ClF3N4O3. The third kappa shape index (κ3) is 4.37. The summed E-state index contributed by atoms with van der Waals surface area (Å²) in [6, 6.07) is 0.871. The lowest BCUT2D eigenvalue weighted by molar-refractivity contribution is -0.169. The van der Waals surface area contributed by atoms with Crippen LogP contribution in [0.2, 0.25) is 5.02 Å². The van der Waals surface area contributed by atoms with Gasteiger partial charge in [0, 0.05) is 32.4 Å². The molecule has 2 aliphatic rings. The van der Waals surface area contributed by atoms with Crippen molar-refractivity contribution in [3.63, 3.8) is 0 Å². The smallest absolute Gasteiger partial charge is 0.389 e. The van der Waals surface area contributed by atoms with Gasteiger partial charge < -0.3 is 10.0 Å². The molecule has 3 rings (SSSR count). The summed E-state index contributed by atoms with van der Waals surface area (Å²) in [6.45, 7) is 2.43. The molecular weight excluding hydrogens is 377 g/mol. The maximum absolute atomic E-state index is 12.7. The third-order valence-corrected chi connectivity index (χ3v) is 4.54. The van der Waals surface area contributed by atoms with E-state index in [4.69, 9.17) is 16.4 Å². The Morgan fingerprint density at radius 3 is 2.58 bits per heavy atom. The molecule has 11 heteroatoms. The lowest BCUT2D eigenvalue weighted by atomic mass is 10.2. The maximum atomic E-state index is 12.7. The fourth-order valence-corrected chi connectivity index (χ4v) is 3.14. The first-order chi connectivity index (χ1) is 12.2. The summed E-state index contributed by atoms with van der Waals surface area (Å²) in [5.41, 5.74) is -0.886. The van der Waals surface area contributed by atoms with Gasteiger partial charge in [-0.05, 0) is 6.07 Å². The van der Waals surface area contributed by atoms with Crippen molar-refractivity contribution in [1.29, 1.82) is 0 Å². The monoisotopic (exact) mass is 394 g/mol. The number of aromatic nitrogens is 1. The number of carbonyl (C=O) groups excluding carboxylic acids is 1. The summed E-state index contributed by atoms with van der Waals surface area (Å²) in [5, 5.41) is 10.5. The predicted molar refractivity (Wildman–Crippen MR) is 86.6 cm³/mol. The molecule has 0 bridgehead atoms. The number of hydrogen-bond acceptors (Lipinski definition) is 6. The summed E-state index contributed by atoms with van der Waals surface area (Å²) < 4.78 is 38.1. The van der Waals surface area contributed by atoms with Crippen molar-refractivity contribution < 1.29 is 27.9 Å². The van der Waals surface area contributed by atoms with Crippen LogP contribution in [0.4, 0.5) is 19.0 Å². The molecule has 3 heterocycles. The van der Waals surface area contributed by atoms with E-state index in [1.807, 2.05) is 4.90 Å². The number of hydroxylamine groups is 2. The van der Waals surface area contributed by atoms with Gasteiger partial charge in [0.25, 0.3) is 5.91 Å². The molecule has 0 spiro atoms. The van der Waals surface area contributed by atoms with E-state index in [1.54, 1.807) is 4.90 Å². The van der Waals surface area contributed by atoms with E-state index in [2.05, 4.69) is 4.98 Å². The molecule has 0 saturated carbocycles. The fourth-order valence-electron chi connectivity index (χ4n) is 2.85. The lowest BCUT2D eigenvalue weighted by Crippen LogP contribution is -2.50. The highest BCUT2D eigenvalue weighted by molar-refractivity contribution is 6.33. The maximum Gasteiger partial charge on any atom is 0.417 e. The van der Waals surface area contributed by atoms with E-state index in [9.17, 15) is 23.1 Å². The van der Waals surface area contributed by atoms with Crippen molar-refractivity contribution in [2.24, 2.45) is 0 Å². The topological polar surface area (TPSA) is 69.1 Å². The summed E-state index contributed by atoms with van der Waals surface area (Å²) in [6.07, 6.45) is -4.38. The minimum absolute atomic E-state index is 0.0520. The molecule has 1 amide bonds. The van der Waals surface area contributed by atoms with E-state index in [0.717, 1.165) is 17.3 Å². The van der Waals surface area contributed by atoms with Crippen molar-refractivity contribution in [1.82, 2.24) is 14.9 Å². The third-order valence-electron chi connectivity index (χ3n) is 4.26. The van der Waals surface area contributed by atoms with Crippen LogP contribution >= 0.6 is 11.6 Å². The fraction of sp³-hybridized carbons (Fsp3) is 0.600. The van der Waals surface area contributed by atoms with Gasteiger partial charge in [-0.3, -0.25) is 14.5 Å². The first kappa shape index (κ1) is 19.2. The van der Waals surface area contributed by atoms with Crippen molar-refractivity contribution in [3.8, 4) is 0 Å². The molecule has 1 aromatic rings. The second-order valence-corrected chi connectivity index (χ2v) is 6.60. The molecule has 0 aliphatic carbocycles. The molecule has 1 N–H and O–H groups in total. The van der Waals surface area contributed by atoms with Crippen molar-refractivity contribution in [3.05, 3.63) is 22.8 Å². The number of carbonyl (C=O) groups is 1. The Kier molecular flexibility index (Phi) is 5.56. The van der Waals surface area contributed by atoms with Crippen molar-refractivity contribution in [2.45, 2.75) is 12.3 Å². The van der Waals surface area contributed by atoms with Gasteiger partial charge >= 0.3 is 6.18 Å². The number of hydrogen-bond donors (Lipinski definition) is 1. The van der Waals surface area contributed by atoms with Gasteiger partial charge in [0.1, 0.15) is 12.4 Å². The van der Waals surface area contributed by atoms with Gasteiger partial charge in [-0.1, -0.05) is 11.6 Å². The molecule has 0 aromatic carbocycles. The van der Waals surface area contributed by atoms with Gasteiger partial charge in [0.2, 0.25) is 0 Å². The average molecular weight is 395 g/mol. The zero-order valence-electron chi connectivity index (χ0n) is 13.7. The van der Waals surface area contributed by atoms with Crippen molar-refractivity contribution in [2.75, 3.05) is 50.8 Å². The summed E-state index contributed by atoms with van der Waals surface area (Å²) in [7, 11) is 0. The van der Waals surface area contributed by atoms with Crippen LogP contribution in [0.25, 0.3) is 0 Å². The Morgan fingerprint density at radius 1 is 1.35 bits per heavy atom. The van der Waals surface area contributed by atoms with E-state index in [1.165, 1.54) is 0 Å². The molecule has 7 nitrogen and oxygen atoms in total. The molecule has 2 saturated heterocycles. The zero-order chi connectivity index (χ0) is 18.9. The first-order valence-corrected chi connectivity index (χ1v) is 8.43. The number of piperazine rings is 1. The van der Waals surface area contributed by atoms with Gasteiger partial charge in [-0.25, -0.2) is 10.0 Å². The minimum Gasteiger partial charge on any atom is -0.389 e. The number of pyridine rings is 1. The molecule has 144 valence electrons. The van der Waals surface area contributed by atoms with Crippen LogP contribution < -0.4 is 4.90 Å². The van der Waals surface area contributed by atoms with E-state index < -0.39 is 17.8 Å². The van der Waals surface area contributed by atoms with Crippen LogP contribution in [0.15, 0.2) is 12.3 Å². The molecule has 26 heavy (non-hydrogen) atoms. The highest BCUT2D eigenvalue weighted by atomic mass is 35.5. The number of β-amino-alcohol motifs (C(OH)–C–C–N with tert-alkyl or cyclic N) is 1. The Bertz CT molecular complexity index is 668. The zero-order valence-corrected chi connectivity index (χ0v) is 14.5. The first-order valence-electron chi connectivity index (χ1n) is 8.05. The second kappa shape index (κ2) is 7.55. The van der Waals surface area contributed by atoms with Gasteiger partial charge in [0.05, 0.1) is 29.8 Å². The van der Waals surface area contributed by atoms with Gasteiger partial charge in [0.15, 0.2) is 0 Å². The van der Waals surface area contributed by atoms with Crippen LogP contribution in [0, 0.1) is 0 Å². The van der Waals surface area contributed by atoms with Gasteiger partial charge in [-0.15, -0.1) is 0 Å². The number of rotatable bonds is 3. The van der Waals surface area contributed by atoms with Crippen LogP contribution in [0.1, 0.15) is 5.56 Å². The molecule has 1 aromatic heterocycles. The summed E-state index contributed by atoms with van der Waals surface area (Å²) in [5.74, 6) is 0.0670. The lowest BCUT2D eigenvalue weighted by Gasteiger charge is -2.35. The quantitative estimate of drug-likeness (QED) is 0.825. The highest BCUT2D eigenvalue weighted by Gasteiger charge is 2.33. The van der Waals surface area contributed by atoms with Crippen LogP contribution in [0.3, 0.4) is 0 Å². The Morgan fingerprint density at radius 2 is 2.04 bits per heavy atom. The largest absolute Gasteiger partial charge is 0.417 e.